The SMILES string of the molecule is Cn1cnc2cc(-c3ccc(C(O)N4CCN(C(=O)C5(O)CC5)CC45CC5)cc3)ccc21. The number of amides is 1. The highest BCUT2D eigenvalue weighted by atomic mass is 16.3. The van der Waals surface area contributed by atoms with E-state index in [1.807, 2.05) is 42.2 Å². The molecule has 0 radical (unpaired) electrons. The summed E-state index contributed by atoms with van der Waals surface area (Å²) in [4.78, 5) is 21.0. The number of benzene rings is 2. The molecular formula is C25H28N4O3. The van der Waals surface area contributed by atoms with Crippen LogP contribution in [0.25, 0.3) is 22.2 Å². The van der Waals surface area contributed by atoms with Crippen molar-refractivity contribution in [3.8, 4) is 11.1 Å². The molecule has 1 aliphatic heterocycles. The van der Waals surface area contributed by atoms with Gasteiger partial charge in [0.15, 0.2) is 0 Å². The molecule has 2 aliphatic carbocycles. The van der Waals surface area contributed by atoms with Crippen molar-refractivity contribution in [2.45, 2.75) is 43.1 Å². The van der Waals surface area contributed by atoms with Crippen LogP contribution in [0, 0.1) is 0 Å². The van der Waals surface area contributed by atoms with Gasteiger partial charge in [-0.1, -0.05) is 30.3 Å². The van der Waals surface area contributed by atoms with Crippen molar-refractivity contribution in [2.24, 2.45) is 7.05 Å². The van der Waals surface area contributed by atoms with E-state index in [4.69, 9.17) is 0 Å². The van der Waals surface area contributed by atoms with E-state index in [-0.39, 0.29) is 11.4 Å². The molecule has 1 saturated heterocycles. The van der Waals surface area contributed by atoms with Gasteiger partial charge < -0.3 is 19.7 Å². The number of hydrogen-bond donors (Lipinski definition) is 2. The van der Waals surface area contributed by atoms with E-state index in [2.05, 4.69) is 28.1 Å². The molecule has 1 aromatic heterocycles. The second-order valence-corrected chi connectivity index (χ2v) is 9.73. The van der Waals surface area contributed by atoms with Crippen LogP contribution in [-0.4, -0.2) is 66.2 Å². The Labute approximate surface area is 186 Å². The predicted octanol–water partition coefficient (Wildman–Crippen LogP) is 2.43. The average Bonchev–Trinajstić information content (AvgIpc) is 3.73. The van der Waals surface area contributed by atoms with E-state index in [9.17, 15) is 15.0 Å². The van der Waals surface area contributed by atoms with Gasteiger partial charge in [-0.15, -0.1) is 0 Å². The molecule has 1 unspecified atom stereocenters. The number of hydrogen-bond acceptors (Lipinski definition) is 5. The molecule has 3 aromatic rings. The number of carbonyl (C=O) groups excluding carboxylic acids is 1. The second kappa shape index (κ2) is 6.88. The van der Waals surface area contributed by atoms with Gasteiger partial charge >= 0.3 is 0 Å². The summed E-state index contributed by atoms with van der Waals surface area (Å²) < 4.78 is 2.00. The molecule has 1 amide bonds. The van der Waals surface area contributed by atoms with Crippen molar-refractivity contribution in [1.82, 2.24) is 19.4 Å². The second-order valence-electron chi connectivity index (χ2n) is 9.73. The minimum Gasteiger partial charge on any atom is -0.380 e. The molecule has 2 N–H and O–H groups in total. The standard InChI is InChI=1S/C25H28N4O3/c1-27-16-26-20-14-19(6-7-21(20)27)17-2-4-18(5-3-17)22(30)29-13-12-28(15-24(29)8-9-24)23(31)25(32)10-11-25/h2-7,14,16,22,30,32H,8-13,15H2,1H3. The molecule has 2 saturated carbocycles. The lowest BCUT2D eigenvalue weighted by Crippen LogP contribution is -2.59. The van der Waals surface area contributed by atoms with Gasteiger partial charge in [0, 0.05) is 32.2 Å². The first-order chi connectivity index (χ1) is 15.4. The van der Waals surface area contributed by atoms with Gasteiger partial charge in [0.25, 0.3) is 5.91 Å². The zero-order valence-electron chi connectivity index (χ0n) is 18.2. The topological polar surface area (TPSA) is 81.8 Å². The van der Waals surface area contributed by atoms with E-state index in [1.165, 1.54) is 0 Å². The maximum absolute atomic E-state index is 12.6. The normalized spacial score (nSPS) is 22.3. The van der Waals surface area contributed by atoms with Crippen molar-refractivity contribution >= 4 is 16.9 Å². The van der Waals surface area contributed by atoms with Crippen molar-refractivity contribution in [3.05, 3.63) is 54.4 Å². The number of carbonyl (C=O) groups is 1. The third-order valence-electron chi connectivity index (χ3n) is 7.50. The Kier molecular flexibility index (Phi) is 4.28. The van der Waals surface area contributed by atoms with E-state index in [0.717, 1.165) is 40.6 Å². The predicted molar refractivity (Wildman–Crippen MR) is 121 cm³/mol. The van der Waals surface area contributed by atoms with Crippen LogP contribution >= 0.6 is 0 Å². The molecule has 6 rings (SSSR count). The third kappa shape index (κ3) is 3.15. The molecule has 7 nitrogen and oxygen atoms in total. The average molecular weight is 433 g/mol. The molecule has 7 heteroatoms. The lowest BCUT2D eigenvalue weighted by Gasteiger charge is -2.45. The Morgan fingerprint density at radius 3 is 2.44 bits per heavy atom. The van der Waals surface area contributed by atoms with Crippen molar-refractivity contribution in [1.29, 1.82) is 0 Å². The quantitative estimate of drug-likeness (QED) is 0.662. The van der Waals surface area contributed by atoms with Gasteiger partial charge in [-0.3, -0.25) is 9.69 Å². The van der Waals surface area contributed by atoms with E-state index in [0.29, 0.717) is 32.5 Å². The Morgan fingerprint density at radius 2 is 1.75 bits per heavy atom. The molecule has 2 aromatic carbocycles. The number of aryl methyl sites for hydroxylation is 1. The first-order valence-electron chi connectivity index (χ1n) is 11.4. The van der Waals surface area contributed by atoms with Gasteiger partial charge in [-0.05, 0) is 54.5 Å². The van der Waals surface area contributed by atoms with E-state index < -0.39 is 11.8 Å². The number of rotatable bonds is 4. The van der Waals surface area contributed by atoms with Crippen LogP contribution in [0.4, 0.5) is 0 Å². The fraction of sp³-hybridized carbons (Fsp3) is 0.440. The van der Waals surface area contributed by atoms with Crippen LogP contribution in [0.5, 0.6) is 0 Å². The van der Waals surface area contributed by atoms with Crippen LogP contribution in [-0.2, 0) is 11.8 Å². The third-order valence-corrected chi connectivity index (χ3v) is 7.50. The van der Waals surface area contributed by atoms with Crippen molar-refractivity contribution < 1.29 is 15.0 Å². The molecule has 1 spiro atoms. The maximum Gasteiger partial charge on any atom is 0.254 e. The number of aliphatic hydroxyl groups excluding tert-OH is 1. The highest BCUT2D eigenvalue weighted by Crippen LogP contribution is 2.48. The minimum absolute atomic E-state index is 0.132. The van der Waals surface area contributed by atoms with Crippen molar-refractivity contribution in [3.63, 3.8) is 0 Å². The number of nitrogens with zero attached hydrogens (tertiary/aromatic N) is 4. The smallest absolute Gasteiger partial charge is 0.254 e. The highest BCUT2D eigenvalue weighted by molar-refractivity contribution is 5.88. The molecule has 2 heterocycles. The number of fused-ring (bicyclic) bond motifs is 1. The summed E-state index contributed by atoms with van der Waals surface area (Å²) in [5.74, 6) is -0.132. The summed E-state index contributed by atoms with van der Waals surface area (Å²) >= 11 is 0. The summed E-state index contributed by atoms with van der Waals surface area (Å²) in [5.41, 5.74) is 3.82. The van der Waals surface area contributed by atoms with Crippen LogP contribution in [0.3, 0.4) is 0 Å². The Balaban J connectivity index is 1.19. The highest BCUT2D eigenvalue weighted by Gasteiger charge is 2.57. The molecule has 166 valence electrons. The van der Waals surface area contributed by atoms with Gasteiger partial charge in [0.2, 0.25) is 0 Å². The first-order valence-corrected chi connectivity index (χ1v) is 11.4. The van der Waals surface area contributed by atoms with Gasteiger partial charge in [-0.2, -0.15) is 0 Å². The van der Waals surface area contributed by atoms with Crippen LogP contribution in [0.15, 0.2) is 48.8 Å². The largest absolute Gasteiger partial charge is 0.380 e. The molecule has 32 heavy (non-hydrogen) atoms. The summed E-state index contributed by atoms with van der Waals surface area (Å²) in [6.07, 6.45) is 4.19. The molecule has 0 bridgehead atoms. The zero-order chi connectivity index (χ0) is 22.1. The minimum atomic E-state index is -1.12. The molecule has 3 fully saturated rings. The fourth-order valence-corrected chi connectivity index (χ4v) is 5.11. The Bertz CT molecular complexity index is 1190. The maximum atomic E-state index is 12.6. The number of piperazine rings is 1. The Hall–Kier alpha value is -2.74. The number of imidazole rings is 1. The van der Waals surface area contributed by atoms with Crippen LogP contribution in [0.2, 0.25) is 0 Å². The number of aromatic nitrogens is 2. The molecular weight excluding hydrogens is 404 g/mol. The van der Waals surface area contributed by atoms with E-state index >= 15 is 0 Å². The Morgan fingerprint density at radius 1 is 1.03 bits per heavy atom. The van der Waals surface area contributed by atoms with Crippen LogP contribution in [0.1, 0.15) is 37.5 Å². The van der Waals surface area contributed by atoms with Gasteiger partial charge in [0.05, 0.1) is 17.4 Å². The van der Waals surface area contributed by atoms with Gasteiger partial charge in [0.1, 0.15) is 11.8 Å². The lowest BCUT2D eigenvalue weighted by molar-refractivity contribution is -0.150. The first kappa shape index (κ1) is 19.9. The summed E-state index contributed by atoms with van der Waals surface area (Å²) in [5, 5.41) is 21.4. The zero-order valence-corrected chi connectivity index (χ0v) is 18.2. The molecule has 3 aliphatic rings. The lowest BCUT2D eigenvalue weighted by atomic mass is 10.0. The summed E-state index contributed by atoms with van der Waals surface area (Å²) in [6.45, 7) is 1.75. The number of aliphatic hydroxyl groups is 2. The summed E-state index contributed by atoms with van der Waals surface area (Å²) in [6, 6.07) is 14.3. The van der Waals surface area contributed by atoms with Gasteiger partial charge in [-0.25, -0.2) is 4.98 Å². The van der Waals surface area contributed by atoms with E-state index in [1.54, 1.807) is 4.90 Å². The van der Waals surface area contributed by atoms with Crippen molar-refractivity contribution in [2.75, 3.05) is 19.6 Å². The fourth-order valence-electron chi connectivity index (χ4n) is 5.11. The summed E-state index contributed by atoms with van der Waals surface area (Å²) in [7, 11) is 1.99. The molecule has 1 atom stereocenters. The monoisotopic (exact) mass is 432 g/mol. The van der Waals surface area contributed by atoms with Crippen LogP contribution < -0.4 is 0 Å².